The third-order valence-electron chi connectivity index (χ3n) is 5.03. The van der Waals surface area contributed by atoms with Gasteiger partial charge in [-0.1, -0.05) is 0 Å². The van der Waals surface area contributed by atoms with Gasteiger partial charge in [-0.2, -0.15) is 0 Å². The fourth-order valence-corrected chi connectivity index (χ4v) is 3.55. The normalized spacial score (nSPS) is 16.7. The van der Waals surface area contributed by atoms with Crippen molar-refractivity contribution in [2.24, 2.45) is 0 Å². The highest BCUT2D eigenvalue weighted by Crippen LogP contribution is 2.42. The van der Waals surface area contributed by atoms with Gasteiger partial charge >= 0.3 is 0 Å². The molecule has 10 heteroatoms. The van der Waals surface area contributed by atoms with Crippen LogP contribution in [-0.4, -0.2) is 55.9 Å². The molecular weight excluding hydrogens is 394 g/mol. The van der Waals surface area contributed by atoms with E-state index < -0.39 is 11.0 Å². The molecule has 1 saturated heterocycles. The molecule has 0 spiro atoms. The molecule has 1 atom stereocenters. The highest BCUT2D eigenvalue weighted by atomic mass is 16.7. The third-order valence-corrected chi connectivity index (χ3v) is 5.03. The predicted octanol–water partition coefficient (Wildman–Crippen LogP) is 2.34. The summed E-state index contributed by atoms with van der Waals surface area (Å²) >= 11 is 0. The molecule has 2 aliphatic heterocycles. The molecule has 158 valence electrons. The second-order valence-electron chi connectivity index (χ2n) is 6.79. The Morgan fingerprint density at radius 2 is 1.83 bits per heavy atom. The lowest BCUT2D eigenvalue weighted by atomic mass is 10.0. The number of ether oxygens (including phenoxy) is 4. The Balaban J connectivity index is 1.71. The number of nitro groups is 1. The summed E-state index contributed by atoms with van der Waals surface area (Å²) in [5.74, 6) is 0.945. The van der Waals surface area contributed by atoms with Crippen LogP contribution in [0.3, 0.4) is 0 Å². The topological polar surface area (TPSA) is 112 Å². The van der Waals surface area contributed by atoms with E-state index in [-0.39, 0.29) is 24.0 Å². The van der Waals surface area contributed by atoms with Crippen molar-refractivity contribution in [2.45, 2.75) is 6.04 Å². The Kier molecular flexibility index (Phi) is 5.68. The number of hydrogen-bond acceptors (Lipinski definition) is 8. The fraction of sp³-hybridized carbons (Fsp3) is 0.350. The molecule has 2 aliphatic rings. The average Bonchev–Trinajstić information content (AvgIpc) is 3.22. The first-order chi connectivity index (χ1) is 14.6. The van der Waals surface area contributed by atoms with Crippen LogP contribution in [0.15, 0.2) is 36.4 Å². The zero-order valence-corrected chi connectivity index (χ0v) is 16.3. The second-order valence-corrected chi connectivity index (χ2v) is 6.79. The third kappa shape index (κ3) is 4.00. The lowest BCUT2D eigenvalue weighted by Crippen LogP contribution is -2.44. The molecule has 1 amide bonds. The zero-order valence-electron chi connectivity index (χ0n) is 16.3. The summed E-state index contributed by atoms with van der Waals surface area (Å²) in [7, 11) is 1.56. The van der Waals surface area contributed by atoms with Gasteiger partial charge in [0.15, 0.2) is 11.5 Å². The van der Waals surface area contributed by atoms with Crippen LogP contribution in [-0.2, 0) is 9.53 Å². The largest absolute Gasteiger partial charge is 0.497 e. The van der Waals surface area contributed by atoms with Gasteiger partial charge in [0, 0.05) is 18.8 Å². The number of nitrogens with zero attached hydrogens (tertiary/aromatic N) is 2. The van der Waals surface area contributed by atoms with Crippen LogP contribution in [0.2, 0.25) is 0 Å². The van der Waals surface area contributed by atoms with Gasteiger partial charge in [-0.15, -0.1) is 0 Å². The van der Waals surface area contributed by atoms with Gasteiger partial charge in [0.1, 0.15) is 11.8 Å². The van der Waals surface area contributed by atoms with Gasteiger partial charge in [-0.3, -0.25) is 19.8 Å². The number of hydrogen-bond donors (Lipinski definition) is 1. The summed E-state index contributed by atoms with van der Waals surface area (Å²) < 4.78 is 21.2. The number of carbonyl (C=O) groups is 1. The van der Waals surface area contributed by atoms with E-state index in [2.05, 4.69) is 5.32 Å². The van der Waals surface area contributed by atoms with Crippen molar-refractivity contribution < 1.29 is 28.7 Å². The molecule has 0 saturated carbocycles. The number of nitrogens with one attached hydrogen (secondary N) is 1. The first-order valence-electron chi connectivity index (χ1n) is 9.41. The number of fused-ring (bicyclic) bond motifs is 1. The molecule has 2 aromatic rings. The lowest BCUT2D eigenvalue weighted by Gasteiger charge is -2.33. The van der Waals surface area contributed by atoms with Crippen molar-refractivity contribution in [1.82, 2.24) is 4.90 Å². The van der Waals surface area contributed by atoms with Gasteiger partial charge < -0.3 is 24.3 Å². The summed E-state index contributed by atoms with van der Waals surface area (Å²) in [5, 5.41) is 14.6. The van der Waals surface area contributed by atoms with E-state index in [1.165, 1.54) is 12.1 Å². The zero-order chi connectivity index (χ0) is 21.1. The number of benzene rings is 2. The highest BCUT2D eigenvalue weighted by molar-refractivity contribution is 5.96. The molecule has 0 aliphatic carbocycles. The van der Waals surface area contributed by atoms with E-state index in [9.17, 15) is 14.9 Å². The summed E-state index contributed by atoms with van der Waals surface area (Å²) in [6.07, 6.45) is 0. The lowest BCUT2D eigenvalue weighted by molar-refractivity contribution is -0.386. The van der Waals surface area contributed by atoms with Gasteiger partial charge in [0.25, 0.3) is 5.69 Å². The van der Waals surface area contributed by atoms with E-state index >= 15 is 0 Å². The average molecular weight is 415 g/mol. The molecule has 2 heterocycles. The van der Waals surface area contributed by atoms with Crippen molar-refractivity contribution in [3.8, 4) is 17.2 Å². The van der Waals surface area contributed by atoms with E-state index in [1.807, 2.05) is 4.90 Å². The first-order valence-corrected chi connectivity index (χ1v) is 9.41. The van der Waals surface area contributed by atoms with Gasteiger partial charge in [-0.05, 0) is 30.3 Å². The van der Waals surface area contributed by atoms with Crippen molar-refractivity contribution >= 4 is 17.3 Å². The summed E-state index contributed by atoms with van der Waals surface area (Å²) in [5.41, 5.74) is 0.611. The Morgan fingerprint density at radius 1 is 1.17 bits per heavy atom. The van der Waals surface area contributed by atoms with Crippen LogP contribution in [0.25, 0.3) is 0 Å². The Labute approximate surface area is 172 Å². The number of anilines is 1. The Morgan fingerprint density at radius 3 is 2.47 bits per heavy atom. The van der Waals surface area contributed by atoms with Gasteiger partial charge in [-0.25, -0.2) is 0 Å². The molecule has 30 heavy (non-hydrogen) atoms. The van der Waals surface area contributed by atoms with Crippen LogP contribution in [0.5, 0.6) is 17.2 Å². The first kappa shape index (κ1) is 19.9. The van der Waals surface area contributed by atoms with Crippen LogP contribution in [0.4, 0.5) is 11.4 Å². The summed E-state index contributed by atoms with van der Waals surface area (Å²) in [4.78, 5) is 26.5. The number of morpholine rings is 1. The smallest absolute Gasteiger partial charge is 0.278 e. The van der Waals surface area contributed by atoms with Crippen molar-refractivity contribution in [1.29, 1.82) is 0 Å². The Hall–Kier alpha value is -3.37. The number of methoxy groups -OCH3 is 1. The molecule has 4 rings (SSSR count). The van der Waals surface area contributed by atoms with Gasteiger partial charge in [0.05, 0.1) is 36.9 Å². The molecule has 0 aromatic heterocycles. The standard InChI is InChI=1S/C20H21N3O7/c1-27-14-4-2-13(3-5-14)21-20(24)19(22-6-8-28-9-7-22)15-10-17-18(30-12-29-17)11-16(15)23(25)26/h2-5,10-11,19H,6-9,12H2,1H3,(H,21,24). The number of rotatable bonds is 6. The van der Waals surface area contributed by atoms with Crippen molar-refractivity contribution in [2.75, 3.05) is 45.5 Å². The minimum atomic E-state index is -0.897. The van der Waals surface area contributed by atoms with E-state index in [0.29, 0.717) is 49.2 Å². The maximum atomic E-state index is 13.3. The molecule has 0 radical (unpaired) electrons. The minimum absolute atomic E-state index is 0.0177. The van der Waals surface area contributed by atoms with E-state index in [0.717, 1.165) is 0 Å². The molecule has 1 fully saturated rings. The van der Waals surface area contributed by atoms with Crippen molar-refractivity contribution in [3.63, 3.8) is 0 Å². The highest BCUT2D eigenvalue weighted by Gasteiger charge is 2.36. The fourth-order valence-electron chi connectivity index (χ4n) is 3.55. The maximum Gasteiger partial charge on any atom is 0.278 e. The number of amides is 1. The second kappa shape index (κ2) is 8.56. The minimum Gasteiger partial charge on any atom is -0.497 e. The van der Waals surface area contributed by atoms with Crippen molar-refractivity contribution in [3.05, 3.63) is 52.1 Å². The SMILES string of the molecule is COc1ccc(NC(=O)C(c2cc3c(cc2[N+](=O)[O-])OCO3)N2CCOCC2)cc1. The maximum absolute atomic E-state index is 13.3. The predicted molar refractivity (Wildman–Crippen MR) is 106 cm³/mol. The number of carbonyl (C=O) groups excluding carboxylic acids is 1. The quantitative estimate of drug-likeness (QED) is 0.565. The van der Waals surface area contributed by atoms with E-state index in [1.54, 1.807) is 31.4 Å². The molecule has 2 aromatic carbocycles. The number of nitro benzene ring substituents is 1. The molecule has 1 N–H and O–H groups in total. The summed E-state index contributed by atoms with van der Waals surface area (Å²) in [6.45, 7) is 1.78. The van der Waals surface area contributed by atoms with Gasteiger partial charge in [0.2, 0.25) is 12.7 Å². The molecule has 0 bridgehead atoms. The van der Waals surface area contributed by atoms with E-state index in [4.69, 9.17) is 18.9 Å². The van der Waals surface area contributed by atoms with Crippen LogP contribution in [0, 0.1) is 10.1 Å². The Bertz CT molecular complexity index is 942. The van der Waals surface area contributed by atoms with Crippen LogP contribution < -0.4 is 19.5 Å². The van der Waals surface area contributed by atoms with Crippen LogP contribution >= 0.6 is 0 Å². The van der Waals surface area contributed by atoms with Crippen LogP contribution in [0.1, 0.15) is 11.6 Å². The monoisotopic (exact) mass is 415 g/mol. The molecular formula is C20H21N3O7. The summed E-state index contributed by atoms with van der Waals surface area (Å²) in [6, 6.07) is 8.80. The molecule has 1 unspecified atom stereocenters. The molecule has 10 nitrogen and oxygen atoms in total.